The highest BCUT2D eigenvalue weighted by Gasteiger charge is 2.09. The van der Waals surface area contributed by atoms with E-state index in [0.29, 0.717) is 16.9 Å². The summed E-state index contributed by atoms with van der Waals surface area (Å²) in [5, 5.41) is 4.80. The van der Waals surface area contributed by atoms with Crippen molar-refractivity contribution in [1.82, 2.24) is 24.9 Å². The fraction of sp³-hybridized carbons (Fsp3) is 0.389. The lowest BCUT2D eigenvalue weighted by atomic mass is 10.2. The van der Waals surface area contributed by atoms with E-state index < -0.39 is 0 Å². The molecule has 27 heavy (non-hydrogen) atoms. The second kappa shape index (κ2) is 9.46. The van der Waals surface area contributed by atoms with Gasteiger partial charge in [0, 0.05) is 17.5 Å². The molecular formula is C18H25N7O2. The van der Waals surface area contributed by atoms with Crippen molar-refractivity contribution in [1.29, 1.82) is 0 Å². The average molecular weight is 371 g/mol. The van der Waals surface area contributed by atoms with Crippen molar-refractivity contribution in [2.24, 2.45) is 5.10 Å². The zero-order chi connectivity index (χ0) is 19.8. The molecule has 144 valence electrons. The van der Waals surface area contributed by atoms with Gasteiger partial charge in [-0.1, -0.05) is 20.8 Å². The molecule has 3 aromatic heterocycles. The first-order chi connectivity index (χ1) is 13.0. The zero-order valence-electron chi connectivity index (χ0n) is 16.0. The van der Waals surface area contributed by atoms with Crippen molar-refractivity contribution in [3.8, 4) is 0 Å². The number of fused-ring (bicyclic) bond motifs is 1. The second-order valence-corrected chi connectivity index (χ2v) is 5.83. The topological polar surface area (TPSA) is 132 Å². The van der Waals surface area contributed by atoms with E-state index in [1.165, 1.54) is 18.7 Å². The summed E-state index contributed by atoms with van der Waals surface area (Å²) in [6.45, 7) is 8.06. The Morgan fingerprint density at radius 1 is 1.11 bits per heavy atom. The number of nitrogens with one attached hydrogen (secondary N) is 4. The fourth-order valence-electron chi connectivity index (χ4n) is 2.56. The van der Waals surface area contributed by atoms with Gasteiger partial charge in [0.25, 0.3) is 11.1 Å². The van der Waals surface area contributed by atoms with Crippen molar-refractivity contribution in [3.63, 3.8) is 0 Å². The number of hydrazone groups is 1. The molecule has 0 unspecified atom stereocenters. The summed E-state index contributed by atoms with van der Waals surface area (Å²) in [6, 6.07) is 1.37. The standard InChI is InChI=1S/C9H14N4O.C9H11N3O/c1-3-7(4-2)12-13-8-5-9(14)11-6-10-8;1-3-6-5(2)7-8(12-6)10-4-11-9(7)13/h5-6H,3-4H2,1-2H3,(H2,10,11,13,14);4H,3H2,1-2H3,(H2,10,11,12,13). The fourth-order valence-corrected chi connectivity index (χ4v) is 2.56. The van der Waals surface area contributed by atoms with Gasteiger partial charge < -0.3 is 15.0 Å². The summed E-state index contributed by atoms with van der Waals surface area (Å²) in [5.41, 5.74) is 6.30. The van der Waals surface area contributed by atoms with Gasteiger partial charge in [0.2, 0.25) is 0 Å². The van der Waals surface area contributed by atoms with Crippen LogP contribution in [-0.4, -0.2) is 30.6 Å². The van der Waals surface area contributed by atoms with Gasteiger partial charge in [0.05, 0.1) is 18.0 Å². The quantitative estimate of drug-likeness (QED) is 0.404. The molecule has 0 fully saturated rings. The third-order valence-corrected chi connectivity index (χ3v) is 4.13. The van der Waals surface area contributed by atoms with Gasteiger partial charge in [-0.2, -0.15) is 5.10 Å². The first-order valence-electron chi connectivity index (χ1n) is 8.91. The Kier molecular flexibility index (Phi) is 7.04. The summed E-state index contributed by atoms with van der Waals surface area (Å²) in [5.74, 6) is 0.466. The number of aromatic nitrogens is 5. The molecule has 4 N–H and O–H groups in total. The van der Waals surface area contributed by atoms with E-state index >= 15 is 0 Å². The number of anilines is 1. The van der Waals surface area contributed by atoms with Gasteiger partial charge in [0.1, 0.15) is 5.65 Å². The van der Waals surface area contributed by atoms with Crippen molar-refractivity contribution in [2.75, 3.05) is 5.43 Å². The molecule has 0 aliphatic carbocycles. The van der Waals surface area contributed by atoms with Crippen LogP contribution in [0.3, 0.4) is 0 Å². The van der Waals surface area contributed by atoms with Gasteiger partial charge in [-0.05, 0) is 31.7 Å². The molecular weight excluding hydrogens is 346 g/mol. The van der Waals surface area contributed by atoms with E-state index in [0.717, 1.165) is 36.2 Å². The molecule has 0 saturated carbocycles. The third kappa shape index (κ3) is 5.13. The monoisotopic (exact) mass is 371 g/mol. The Morgan fingerprint density at radius 2 is 1.81 bits per heavy atom. The number of aromatic amines is 3. The Hall–Kier alpha value is -3.23. The smallest absolute Gasteiger partial charge is 0.260 e. The van der Waals surface area contributed by atoms with Crippen molar-refractivity contribution in [2.45, 2.75) is 47.0 Å². The maximum atomic E-state index is 11.4. The first-order valence-corrected chi connectivity index (χ1v) is 8.91. The van der Waals surface area contributed by atoms with E-state index in [1.54, 1.807) is 0 Å². The minimum atomic E-state index is -0.188. The highest BCUT2D eigenvalue weighted by molar-refractivity contribution is 5.84. The Balaban J connectivity index is 0.000000194. The molecule has 0 radical (unpaired) electrons. The van der Waals surface area contributed by atoms with Crippen LogP contribution in [0.15, 0.2) is 33.4 Å². The number of rotatable bonds is 5. The third-order valence-electron chi connectivity index (χ3n) is 4.13. The van der Waals surface area contributed by atoms with Crippen LogP contribution in [0.2, 0.25) is 0 Å². The van der Waals surface area contributed by atoms with Gasteiger partial charge in [0.15, 0.2) is 5.82 Å². The predicted molar refractivity (Wildman–Crippen MR) is 107 cm³/mol. The SMILES string of the molecule is CCC(CC)=NNc1cc(=O)[nH]cn1.CCc1[nH]c2nc[nH]c(=O)c2c1C. The molecule has 0 aliphatic heterocycles. The maximum Gasteiger partial charge on any atom is 0.260 e. The van der Waals surface area contributed by atoms with Crippen molar-refractivity contribution < 1.29 is 0 Å². The van der Waals surface area contributed by atoms with Gasteiger partial charge in [-0.3, -0.25) is 15.0 Å². The molecule has 0 saturated heterocycles. The summed E-state index contributed by atoms with van der Waals surface area (Å²) in [6.07, 6.45) is 5.44. The maximum absolute atomic E-state index is 11.4. The molecule has 0 aromatic carbocycles. The second-order valence-electron chi connectivity index (χ2n) is 5.83. The number of nitrogens with zero attached hydrogens (tertiary/aromatic N) is 3. The lowest BCUT2D eigenvalue weighted by molar-refractivity contribution is 1.05. The number of aryl methyl sites for hydroxylation is 2. The van der Waals surface area contributed by atoms with Crippen LogP contribution in [0.1, 0.15) is 44.9 Å². The van der Waals surface area contributed by atoms with Crippen LogP contribution in [0.4, 0.5) is 5.82 Å². The van der Waals surface area contributed by atoms with Crippen LogP contribution in [0.25, 0.3) is 11.0 Å². The summed E-state index contributed by atoms with van der Waals surface area (Å²) in [7, 11) is 0. The van der Waals surface area contributed by atoms with Crippen LogP contribution in [-0.2, 0) is 6.42 Å². The van der Waals surface area contributed by atoms with Gasteiger partial charge in [-0.15, -0.1) is 0 Å². The lowest BCUT2D eigenvalue weighted by Crippen LogP contribution is -2.07. The van der Waals surface area contributed by atoms with Crippen molar-refractivity contribution >= 4 is 22.6 Å². The van der Waals surface area contributed by atoms with E-state index in [2.05, 4.69) is 35.4 Å². The Bertz CT molecular complexity index is 1020. The van der Waals surface area contributed by atoms with E-state index in [-0.39, 0.29) is 11.1 Å². The first kappa shape index (κ1) is 20.1. The molecule has 9 nitrogen and oxygen atoms in total. The van der Waals surface area contributed by atoms with Gasteiger partial charge in [-0.25, -0.2) is 9.97 Å². The number of hydrogen-bond donors (Lipinski definition) is 4. The normalized spacial score (nSPS) is 10.2. The van der Waals surface area contributed by atoms with Crippen LogP contribution < -0.4 is 16.5 Å². The predicted octanol–water partition coefficient (Wildman–Crippen LogP) is 2.48. The molecule has 0 aliphatic rings. The van der Waals surface area contributed by atoms with Gasteiger partial charge >= 0.3 is 0 Å². The van der Waals surface area contributed by atoms with E-state index in [4.69, 9.17) is 0 Å². The number of hydrogen-bond acceptors (Lipinski definition) is 6. The molecule has 0 amide bonds. The Labute approximate surface area is 156 Å². The highest BCUT2D eigenvalue weighted by atomic mass is 16.1. The summed E-state index contributed by atoms with van der Waals surface area (Å²) >= 11 is 0. The lowest BCUT2D eigenvalue weighted by Gasteiger charge is -2.01. The highest BCUT2D eigenvalue weighted by Crippen LogP contribution is 2.15. The van der Waals surface area contributed by atoms with Crippen LogP contribution in [0, 0.1) is 6.92 Å². The minimum Gasteiger partial charge on any atom is -0.343 e. The molecule has 0 atom stereocenters. The zero-order valence-corrected chi connectivity index (χ0v) is 16.0. The molecule has 9 heteroatoms. The summed E-state index contributed by atoms with van der Waals surface area (Å²) in [4.78, 5) is 38.4. The summed E-state index contributed by atoms with van der Waals surface area (Å²) < 4.78 is 0. The van der Waals surface area contributed by atoms with Crippen LogP contribution >= 0.6 is 0 Å². The van der Waals surface area contributed by atoms with E-state index in [9.17, 15) is 9.59 Å². The molecule has 3 rings (SSSR count). The Morgan fingerprint density at radius 3 is 2.41 bits per heavy atom. The minimum absolute atomic E-state index is 0.0709. The molecule has 0 bridgehead atoms. The molecule has 0 spiro atoms. The molecule has 3 aromatic rings. The molecule has 3 heterocycles. The largest absolute Gasteiger partial charge is 0.343 e. The average Bonchev–Trinajstić information content (AvgIpc) is 3.00. The van der Waals surface area contributed by atoms with Crippen molar-refractivity contribution in [3.05, 3.63) is 50.7 Å². The van der Waals surface area contributed by atoms with Crippen LogP contribution in [0.5, 0.6) is 0 Å². The number of H-pyrrole nitrogens is 3. The van der Waals surface area contributed by atoms with E-state index in [1.807, 2.05) is 27.7 Å².